The van der Waals surface area contributed by atoms with Crippen molar-refractivity contribution in [3.05, 3.63) is 106 Å². The normalized spacial score (nSPS) is 16.0. The summed E-state index contributed by atoms with van der Waals surface area (Å²) in [6, 6.07) is 20.4. The average Bonchev–Trinajstić information content (AvgIpc) is 3.31. The fourth-order valence-electron chi connectivity index (χ4n) is 4.28. The van der Waals surface area contributed by atoms with E-state index in [2.05, 4.69) is 78.7 Å². The van der Waals surface area contributed by atoms with Crippen LogP contribution in [0.25, 0.3) is 17.0 Å². The number of rotatable bonds is 4. The molecule has 4 aromatic rings. The van der Waals surface area contributed by atoms with Gasteiger partial charge in [-0.3, -0.25) is 4.90 Å². The number of anilines is 1. The van der Waals surface area contributed by atoms with E-state index in [9.17, 15) is 4.39 Å². The molecule has 0 saturated heterocycles. The molecule has 0 radical (unpaired) electrons. The molecule has 0 amide bonds. The van der Waals surface area contributed by atoms with Gasteiger partial charge in [-0.1, -0.05) is 53.2 Å². The molecule has 1 atom stereocenters. The van der Waals surface area contributed by atoms with Crippen LogP contribution in [0.5, 0.6) is 0 Å². The summed E-state index contributed by atoms with van der Waals surface area (Å²) in [4.78, 5) is 6.66. The Morgan fingerprint density at radius 1 is 0.943 bits per heavy atom. The molecule has 0 fully saturated rings. The van der Waals surface area contributed by atoms with E-state index in [0.29, 0.717) is 22.4 Å². The van der Waals surface area contributed by atoms with Gasteiger partial charge in [0.1, 0.15) is 5.82 Å². The quantitative estimate of drug-likeness (QED) is 0.327. The molecule has 0 spiro atoms. The SMILES string of the molecule is CC1=C(c2nc(-c3cccc(F)c3)no2)C(c2ccc(C)cc2)NC(=S)N1c1ccc(C)c(C)c1. The summed E-state index contributed by atoms with van der Waals surface area (Å²) in [5, 5.41) is 8.23. The number of hydrogen-bond donors (Lipinski definition) is 1. The van der Waals surface area contributed by atoms with Crippen LogP contribution in [0.3, 0.4) is 0 Å². The first kappa shape index (κ1) is 22.9. The fraction of sp³-hybridized carbons (Fsp3) is 0.179. The Morgan fingerprint density at radius 3 is 2.43 bits per heavy atom. The summed E-state index contributed by atoms with van der Waals surface area (Å²) in [5.74, 6) is 0.330. The first-order valence-corrected chi connectivity index (χ1v) is 11.8. The van der Waals surface area contributed by atoms with E-state index in [1.165, 1.54) is 23.3 Å². The lowest BCUT2D eigenvalue weighted by atomic mass is 9.94. The van der Waals surface area contributed by atoms with Gasteiger partial charge in [0.25, 0.3) is 5.89 Å². The number of halogens is 1. The lowest BCUT2D eigenvalue weighted by Crippen LogP contribution is -2.46. The van der Waals surface area contributed by atoms with Crippen molar-refractivity contribution in [1.29, 1.82) is 0 Å². The molecular formula is C28H25FN4OS. The second kappa shape index (κ2) is 9.07. The van der Waals surface area contributed by atoms with Crippen molar-refractivity contribution in [3.8, 4) is 11.4 Å². The van der Waals surface area contributed by atoms with Crippen LogP contribution in [0.2, 0.25) is 0 Å². The Kier molecular flexibility index (Phi) is 5.94. The molecule has 2 heterocycles. The zero-order valence-electron chi connectivity index (χ0n) is 20.0. The Labute approximate surface area is 209 Å². The molecule has 0 bridgehead atoms. The first-order chi connectivity index (χ1) is 16.8. The van der Waals surface area contributed by atoms with E-state index in [0.717, 1.165) is 28.1 Å². The van der Waals surface area contributed by atoms with Crippen LogP contribution in [0.15, 0.2) is 77.0 Å². The van der Waals surface area contributed by atoms with Gasteiger partial charge >= 0.3 is 0 Å². The Hall–Kier alpha value is -3.84. The minimum absolute atomic E-state index is 0.285. The number of nitrogens with one attached hydrogen (secondary N) is 1. The summed E-state index contributed by atoms with van der Waals surface area (Å²) in [5.41, 5.74) is 7.78. The van der Waals surface area contributed by atoms with Crippen molar-refractivity contribution < 1.29 is 8.91 Å². The monoisotopic (exact) mass is 484 g/mol. The molecule has 5 rings (SSSR count). The fourth-order valence-corrected chi connectivity index (χ4v) is 4.64. The summed E-state index contributed by atoms with van der Waals surface area (Å²) in [6.07, 6.45) is 0. The van der Waals surface area contributed by atoms with Crippen LogP contribution in [-0.2, 0) is 0 Å². The number of allylic oxidation sites excluding steroid dienone is 1. The second-order valence-electron chi connectivity index (χ2n) is 8.83. The van der Waals surface area contributed by atoms with Crippen LogP contribution in [0, 0.1) is 26.6 Å². The minimum Gasteiger partial charge on any atom is -0.351 e. The predicted molar refractivity (Wildman–Crippen MR) is 140 cm³/mol. The van der Waals surface area contributed by atoms with E-state index in [4.69, 9.17) is 16.7 Å². The maximum Gasteiger partial charge on any atom is 0.258 e. The molecule has 35 heavy (non-hydrogen) atoms. The van der Waals surface area contributed by atoms with E-state index in [1.54, 1.807) is 12.1 Å². The highest BCUT2D eigenvalue weighted by molar-refractivity contribution is 7.80. The van der Waals surface area contributed by atoms with E-state index in [1.807, 2.05) is 11.8 Å². The van der Waals surface area contributed by atoms with Gasteiger partial charge in [-0.05, 0) is 80.9 Å². The van der Waals surface area contributed by atoms with Gasteiger partial charge in [-0.15, -0.1) is 0 Å². The van der Waals surface area contributed by atoms with Crippen molar-refractivity contribution in [2.75, 3.05) is 4.90 Å². The Bertz CT molecular complexity index is 1460. The summed E-state index contributed by atoms with van der Waals surface area (Å²) < 4.78 is 19.6. The maximum absolute atomic E-state index is 13.8. The first-order valence-electron chi connectivity index (χ1n) is 11.4. The standard InChI is InChI=1S/C28H25FN4OS/c1-16-8-11-20(12-9-16)25-24(27-31-26(32-34-27)21-6-5-7-22(29)15-21)19(4)33(28(35)30-25)23-13-10-17(2)18(3)14-23/h5-15,25H,1-4H3,(H,30,35). The molecule has 1 unspecified atom stereocenters. The molecule has 176 valence electrons. The zero-order chi connectivity index (χ0) is 24.7. The van der Waals surface area contributed by atoms with Gasteiger partial charge in [-0.2, -0.15) is 4.98 Å². The molecular weight excluding hydrogens is 459 g/mol. The van der Waals surface area contributed by atoms with Crippen molar-refractivity contribution in [3.63, 3.8) is 0 Å². The van der Waals surface area contributed by atoms with Crippen molar-refractivity contribution in [2.45, 2.75) is 33.7 Å². The minimum atomic E-state index is -0.354. The van der Waals surface area contributed by atoms with Crippen LogP contribution in [0.1, 0.15) is 41.1 Å². The van der Waals surface area contributed by atoms with E-state index < -0.39 is 0 Å². The third-order valence-corrected chi connectivity index (χ3v) is 6.68. The summed E-state index contributed by atoms with van der Waals surface area (Å²) >= 11 is 5.84. The van der Waals surface area contributed by atoms with Gasteiger partial charge in [0.15, 0.2) is 5.11 Å². The van der Waals surface area contributed by atoms with Crippen LogP contribution < -0.4 is 10.2 Å². The second-order valence-corrected chi connectivity index (χ2v) is 9.22. The third kappa shape index (κ3) is 4.35. The van der Waals surface area contributed by atoms with Crippen molar-refractivity contribution in [2.24, 2.45) is 0 Å². The molecule has 1 N–H and O–H groups in total. The molecule has 5 nitrogen and oxygen atoms in total. The number of benzene rings is 3. The highest BCUT2D eigenvalue weighted by Gasteiger charge is 2.34. The van der Waals surface area contributed by atoms with E-state index in [-0.39, 0.29) is 11.9 Å². The van der Waals surface area contributed by atoms with Crippen LogP contribution in [0.4, 0.5) is 10.1 Å². The highest BCUT2D eigenvalue weighted by atomic mass is 32.1. The summed E-state index contributed by atoms with van der Waals surface area (Å²) in [7, 11) is 0. The molecule has 0 aliphatic carbocycles. The lowest BCUT2D eigenvalue weighted by molar-refractivity contribution is 0.404. The van der Waals surface area contributed by atoms with Gasteiger partial charge in [0, 0.05) is 16.9 Å². The smallest absolute Gasteiger partial charge is 0.258 e. The number of thiocarbonyl (C=S) groups is 1. The van der Waals surface area contributed by atoms with Gasteiger partial charge in [-0.25, -0.2) is 4.39 Å². The van der Waals surface area contributed by atoms with Crippen molar-refractivity contribution >= 4 is 28.6 Å². The Balaban J connectivity index is 1.66. The molecule has 3 aromatic carbocycles. The van der Waals surface area contributed by atoms with Crippen LogP contribution >= 0.6 is 12.2 Å². The topological polar surface area (TPSA) is 54.2 Å². The molecule has 1 aromatic heterocycles. The lowest BCUT2D eigenvalue weighted by Gasteiger charge is -2.37. The van der Waals surface area contributed by atoms with E-state index >= 15 is 0 Å². The van der Waals surface area contributed by atoms with Gasteiger partial charge in [0.2, 0.25) is 5.82 Å². The number of aromatic nitrogens is 2. The average molecular weight is 485 g/mol. The third-order valence-electron chi connectivity index (χ3n) is 6.38. The summed E-state index contributed by atoms with van der Waals surface area (Å²) in [6.45, 7) is 8.22. The van der Waals surface area contributed by atoms with Crippen molar-refractivity contribution in [1.82, 2.24) is 15.5 Å². The maximum atomic E-state index is 13.8. The van der Waals surface area contributed by atoms with Gasteiger partial charge in [0.05, 0.1) is 11.6 Å². The largest absolute Gasteiger partial charge is 0.351 e. The molecule has 0 saturated carbocycles. The molecule has 1 aliphatic heterocycles. The number of hydrogen-bond acceptors (Lipinski definition) is 4. The number of aryl methyl sites for hydroxylation is 3. The van der Waals surface area contributed by atoms with Crippen LogP contribution in [-0.4, -0.2) is 15.3 Å². The Morgan fingerprint density at radius 2 is 1.71 bits per heavy atom. The molecule has 7 heteroatoms. The highest BCUT2D eigenvalue weighted by Crippen LogP contribution is 2.39. The molecule has 1 aliphatic rings. The number of nitrogens with zero attached hydrogens (tertiary/aromatic N) is 3. The zero-order valence-corrected chi connectivity index (χ0v) is 20.8. The predicted octanol–water partition coefficient (Wildman–Crippen LogP) is 6.67. The van der Waals surface area contributed by atoms with Gasteiger partial charge < -0.3 is 9.84 Å².